The highest BCUT2D eigenvalue weighted by Crippen LogP contribution is 2.26. The molecular weight excluding hydrogens is 278 g/mol. The molecule has 0 aromatic carbocycles. The van der Waals surface area contributed by atoms with Crippen molar-refractivity contribution in [3.8, 4) is 0 Å². The average molecular weight is 302 g/mol. The van der Waals surface area contributed by atoms with Crippen molar-refractivity contribution in [1.29, 1.82) is 0 Å². The standard InChI is InChI=1S/C14H24ClN3S/c1-9(19-6)7-8-16-12-10(2)11(15)17-13(18-12)14(3,4)5/h9H,7-8H2,1-6H3,(H,16,17,18). The summed E-state index contributed by atoms with van der Waals surface area (Å²) in [5.41, 5.74) is 0.826. The van der Waals surface area contributed by atoms with Gasteiger partial charge in [-0.05, 0) is 19.6 Å². The van der Waals surface area contributed by atoms with E-state index >= 15 is 0 Å². The monoisotopic (exact) mass is 301 g/mol. The first-order chi connectivity index (χ1) is 8.75. The molecule has 0 saturated heterocycles. The Kier molecular flexibility index (Phi) is 5.93. The van der Waals surface area contributed by atoms with E-state index in [4.69, 9.17) is 11.6 Å². The topological polar surface area (TPSA) is 37.8 Å². The molecule has 0 saturated carbocycles. The van der Waals surface area contributed by atoms with E-state index in [-0.39, 0.29) is 5.41 Å². The Hall–Kier alpha value is -0.480. The Morgan fingerprint density at radius 1 is 1.32 bits per heavy atom. The van der Waals surface area contributed by atoms with Crippen molar-refractivity contribution >= 4 is 29.2 Å². The lowest BCUT2D eigenvalue weighted by Gasteiger charge is -2.19. The molecule has 108 valence electrons. The summed E-state index contributed by atoms with van der Waals surface area (Å²) < 4.78 is 0. The van der Waals surface area contributed by atoms with Gasteiger partial charge in [-0.25, -0.2) is 9.97 Å². The SMILES string of the molecule is CSC(C)CCNc1nc(C(C)(C)C)nc(Cl)c1C. The third kappa shape index (κ3) is 4.84. The molecule has 1 N–H and O–H groups in total. The molecule has 0 aliphatic carbocycles. The zero-order valence-electron chi connectivity index (χ0n) is 12.7. The van der Waals surface area contributed by atoms with Gasteiger partial charge in [-0.1, -0.05) is 39.3 Å². The van der Waals surface area contributed by atoms with E-state index in [1.807, 2.05) is 18.7 Å². The first kappa shape index (κ1) is 16.6. The van der Waals surface area contributed by atoms with Crippen LogP contribution in [0.5, 0.6) is 0 Å². The van der Waals surface area contributed by atoms with Gasteiger partial charge in [0.1, 0.15) is 16.8 Å². The fourth-order valence-electron chi connectivity index (χ4n) is 1.51. The molecule has 0 spiro atoms. The van der Waals surface area contributed by atoms with Gasteiger partial charge >= 0.3 is 0 Å². The molecule has 0 bridgehead atoms. The molecule has 0 fully saturated rings. The van der Waals surface area contributed by atoms with Crippen LogP contribution in [0.1, 0.15) is 45.5 Å². The highest BCUT2D eigenvalue weighted by molar-refractivity contribution is 7.99. The number of nitrogens with one attached hydrogen (secondary N) is 1. The third-order valence-electron chi connectivity index (χ3n) is 3.00. The molecule has 1 atom stereocenters. The maximum Gasteiger partial charge on any atom is 0.137 e. The van der Waals surface area contributed by atoms with Crippen molar-refractivity contribution in [3.05, 3.63) is 16.5 Å². The smallest absolute Gasteiger partial charge is 0.137 e. The van der Waals surface area contributed by atoms with Gasteiger partial charge in [-0.15, -0.1) is 0 Å². The van der Waals surface area contributed by atoms with Crippen LogP contribution in [0.15, 0.2) is 0 Å². The fraction of sp³-hybridized carbons (Fsp3) is 0.714. The van der Waals surface area contributed by atoms with E-state index in [1.54, 1.807) is 0 Å². The Morgan fingerprint density at radius 3 is 2.47 bits per heavy atom. The van der Waals surface area contributed by atoms with Crippen molar-refractivity contribution in [1.82, 2.24) is 9.97 Å². The van der Waals surface area contributed by atoms with Gasteiger partial charge in [0.25, 0.3) is 0 Å². The molecule has 1 aromatic heterocycles. The number of aromatic nitrogens is 2. The molecule has 0 aliphatic rings. The summed E-state index contributed by atoms with van der Waals surface area (Å²) in [6.07, 6.45) is 3.24. The predicted octanol–water partition coefficient (Wildman–Crippen LogP) is 4.29. The lowest BCUT2D eigenvalue weighted by atomic mass is 9.95. The number of hydrogen-bond donors (Lipinski definition) is 1. The molecule has 19 heavy (non-hydrogen) atoms. The highest BCUT2D eigenvalue weighted by atomic mass is 35.5. The van der Waals surface area contributed by atoms with Gasteiger partial charge in [0.2, 0.25) is 0 Å². The lowest BCUT2D eigenvalue weighted by molar-refractivity contribution is 0.545. The van der Waals surface area contributed by atoms with Crippen LogP contribution < -0.4 is 5.32 Å². The van der Waals surface area contributed by atoms with E-state index < -0.39 is 0 Å². The Morgan fingerprint density at radius 2 is 1.95 bits per heavy atom. The molecule has 0 amide bonds. The van der Waals surface area contributed by atoms with E-state index in [0.29, 0.717) is 10.4 Å². The zero-order chi connectivity index (χ0) is 14.6. The lowest BCUT2D eigenvalue weighted by Crippen LogP contribution is -2.19. The molecular formula is C14H24ClN3S. The fourth-order valence-corrected chi connectivity index (χ4v) is 2.03. The Labute approximate surface area is 125 Å². The van der Waals surface area contributed by atoms with Crippen LogP contribution >= 0.6 is 23.4 Å². The van der Waals surface area contributed by atoms with E-state index in [2.05, 4.69) is 49.2 Å². The van der Waals surface area contributed by atoms with Crippen molar-refractivity contribution in [2.45, 2.75) is 51.7 Å². The predicted molar refractivity (Wildman–Crippen MR) is 86.6 cm³/mol. The maximum atomic E-state index is 6.20. The summed E-state index contributed by atoms with van der Waals surface area (Å²) in [7, 11) is 0. The molecule has 3 nitrogen and oxygen atoms in total. The van der Waals surface area contributed by atoms with Gasteiger partial charge in [0.15, 0.2) is 0 Å². The second kappa shape index (κ2) is 6.80. The number of thioether (sulfide) groups is 1. The summed E-state index contributed by atoms with van der Waals surface area (Å²) in [6, 6.07) is 0. The van der Waals surface area contributed by atoms with Crippen LogP contribution in [0.3, 0.4) is 0 Å². The first-order valence-corrected chi connectivity index (χ1v) is 8.23. The molecule has 1 unspecified atom stereocenters. The number of anilines is 1. The third-order valence-corrected chi connectivity index (χ3v) is 4.41. The van der Waals surface area contributed by atoms with E-state index in [9.17, 15) is 0 Å². The van der Waals surface area contributed by atoms with Gasteiger partial charge in [0, 0.05) is 22.8 Å². The van der Waals surface area contributed by atoms with Gasteiger partial charge in [-0.3, -0.25) is 0 Å². The minimum Gasteiger partial charge on any atom is -0.370 e. The summed E-state index contributed by atoms with van der Waals surface area (Å²) in [6.45, 7) is 11.4. The summed E-state index contributed by atoms with van der Waals surface area (Å²) in [5, 5.41) is 4.57. The van der Waals surface area contributed by atoms with Crippen molar-refractivity contribution in [2.24, 2.45) is 0 Å². The van der Waals surface area contributed by atoms with Crippen molar-refractivity contribution in [3.63, 3.8) is 0 Å². The average Bonchev–Trinajstić information content (AvgIpc) is 2.32. The second-order valence-corrected chi connectivity index (χ2v) is 7.46. The normalized spacial score (nSPS) is 13.4. The largest absolute Gasteiger partial charge is 0.370 e. The summed E-state index contributed by atoms with van der Waals surface area (Å²) >= 11 is 8.07. The quantitative estimate of drug-likeness (QED) is 0.823. The van der Waals surface area contributed by atoms with Gasteiger partial charge in [0.05, 0.1) is 0 Å². The minimum atomic E-state index is -0.0969. The van der Waals surface area contributed by atoms with Crippen LogP contribution in [0.2, 0.25) is 5.15 Å². The van der Waals surface area contributed by atoms with Crippen LogP contribution in [0.4, 0.5) is 5.82 Å². The van der Waals surface area contributed by atoms with Gasteiger partial charge < -0.3 is 5.32 Å². The number of hydrogen-bond acceptors (Lipinski definition) is 4. The first-order valence-electron chi connectivity index (χ1n) is 6.57. The number of halogens is 1. The van der Waals surface area contributed by atoms with E-state index in [0.717, 1.165) is 30.2 Å². The molecule has 1 heterocycles. The minimum absolute atomic E-state index is 0.0969. The molecule has 0 aliphatic heterocycles. The summed E-state index contributed by atoms with van der Waals surface area (Å²) in [5.74, 6) is 1.64. The summed E-state index contributed by atoms with van der Waals surface area (Å²) in [4.78, 5) is 8.99. The van der Waals surface area contributed by atoms with Crippen LogP contribution in [0, 0.1) is 6.92 Å². The van der Waals surface area contributed by atoms with Crippen molar-refractivity contribution in [2.75, 3.05) is 18.1 Å². The van der Waals surface area contributed by atoms with E-state index in [1.165, 1.54) is 0 Å². The number of nitrogens with zero attached hydrogens (tertiary/aromatic N) is 2. The highest BCUT2D eigenvalue weighted by Gasteiger charge is 2.20. The van der Waals surface area contributed by atoms with Crippen LogP contribution in [-0.2, 0) is 5.41 Å². The van der Waals surface area contributed by atoms with Crippen LogP contribution in [-0.4, -0.2) is 28.0 Å². The Balaban J connectivity index is 2.85. The molecule has 5 heteroatoms. The second-order valence-electron chi connectivity index (χ2n) is 5.82. The zero-order valence-corrected chi connectivity index (χ0v) is 14.2. The molecule has 1 aromatic rings. The van der Waals surface area contributed by atoms with Crippen LogP contribution in [0.25, 0.3) is 0 Å². The number of rotatable bonds is 5. The molecule has 1 rings (SSSR count). The Bertz CT molecular complexity index is 429. The van der Waals surface area contributed by atoms with Gasteiger partial charge in [-0.2, -0.15) is 11.8 Å². The van der Waals surface area contributed by atoms with Crippen molar-refractivity contribution < 1.29 is 0 Å². The molecule has 0 radical (unpaired) electrons. The maximum absolute atomic E-state index is 6.20.